The first-order valence-electron chi connectivity index (χ1n) is 1.81. The summed E-state index contributed by atoms with van der Waals surface area (Å²) >= 11 is 0. The Labute approximate surface area is 40.8 Å². The van der Waals surface area contributed by atoms with Crippen LogP contribution in [0, 0.1) is 0 Å². The van der Waals surface area contributed by atoms with Gasteiger partial charge in [0.2, 0.25) is 0 Å². The largest absolute Gasteiger partial charge is 0.365 e. The molecular weight excluding hydrogens is 94.1 g/mol. The summed E-state index contributed by atoms with van der Waals surface area (Å²) in [6.07, 6.45) is 1.22. The van der Waals surface area contributed by atoms with Crippen molar-refractivity contribution in [3.8, 4) is 0 Å². The molecule has 1 radical (unpaired) electrons. The van der Waals surface area contributed by atoms with E-state index in [4.69, 9.17) is 0 Å². The van der Waals surface area contributed by atoms with Gasteiger partial charge in [-0.15, -0.1) is 0 Å². The Bertz CT molecular complexity index is 119. The first-order chi connectivity index (χ1) is 3.30. The van der Waals surface area contributed by atoms with Crippen LogP contribution in [0.15, 0.2) is 5.10 Å². The van der Waals surface area contributed by atoms with Gasteiger partial charge in [0.15, 0.2) is 0 Å². The molecule has 0 unspecified atom stereocenters. The molecule has 0 atom stereocenters. The summed E-state index contributed by atoms with van der Waals surface area (Å²) in [6.45, 7) is 0. The minimum absolute atomic E-state index is 0.306. The van der Waals surface area contributed by atoms with Gasteiger partial charge >= 0.3 is 6.03 Å². The fourth-order valence-corrected chi connectivity index (χ4v) is 0.286. The van der Waals surface area contributed by atoms with Crippen molar-refractivity contribution in [3.63, 3.8) is 0 Å². The third-order valence-electron chi connectivity index (χ3n) is 0.670. The molecule has 1 heterocycles. The van der Waals surface area contributed by atoms with Crippen LogP contribution in [0.1, 0.15) is 0 Å². The van der Waals surface area contributed by atoms with Crippen LogP contribution in [0.25, 0.3) is 0 Å². The van der Waals surface area contributed by atoms with Crippen molar-refractivity contribution in [1.29, 1.82) is 0 Å². The number of urea groups is 1. The lowest BCUT2D eigenvalue weighted by atomic mass is 11.0. The Hall–Kier alpha value is -1.06. The number of hydrazone groups is 1. The van der Waals surface area contributed by atoms with Crippen LogP contribution >= 0.6 is 0 Å². The van der Waals surface area contributed by atoms with E-state index in [0.29, 0.717) is 0 Å². The van der Waals surface area contributed by atoms with Crippen molar-refractivity contribution >= 4 is 12.4 Å². The SMILES string of the molecule is CN1N=C[N]C1=O. The van der Waals surface area contributed by atoms with Gasteiger partial charge in [-0.05, 0) is 0 Å². The molecule has 1 aliphatic heterocycles. The van der Waals surface area contributed by atoms with Crippen LogP contribution in [0.5, 0.6) is 0 Å². The van der Waals surface area contributed by atoms with Crippen molar-refractivity contribution in [2.45, 2.75) is 0 Å². The summed E-state index contributed by atoms with van der Waals surface area (Å²) in [5, 5.41) is 7.99. The van der Waals surface area contributed by atoms with E-state index in [-0.39, 0.29) is 6.03 Å². The predicted octanol–water partition coefficient (Wildman–Crippen LogP) is -0.401. The van der Waals surface area contributed by atoms with Crippen molar-refractivity contribution < 1.29 is 4.79 Å². The van der Waals surface area contributed by atoms with Crippen LogP contribution in [-0.2, 0) is 0 Å². The molecule has 0 saturated heterocycles. The minimum atomic E-state index is -0.306. The van der Waals surface area contributed by atoms with Crippen molar-refractivity contribution in [2.24, 2.45) is 5.10 Å². The fraction of sp³-hybridized carbons (Fsp3) is 0.333. The molecule has 7 heavy (non-hydrogen) atoms. The zero-order chi connectivity index (χ0) is 5.28. The van der Waals surface area contributed by atoms with E-state index in [9.17, 15) is 4.79 Å². The van der Waals surface area contributed by atoms with Gasteiger partial charge in [-0.3, -0.25) is 0 Å². The Kier molecular flexibility index (Phi) is 0.714. The van der Waals surface area contributed by atoms with Crippen molar-refractivity contribution in [1.82, 2.24) is 10.3 Å². The predicted molar refractivity (Wildman–Crippen MR) is 23.8 cm³/mol. The number of carbonyl (C=O) groups is 1. The van der Waals surface area contributed by atoms with Gasteiger partial charge in [0.25, 0.3) is 0 Å². The average Bonchev–Trinajstić information content (AvgIpc) is 1.91. The van der Waals surface area contributed by atoms with E-state index in [1.54, 1.807) is 7.05 Å². The smallest absolute Gasteiger partial charge is 0.244 e. The summed E-state index contributed by atoms with van der Waals surface area (Å²) in [7, 11) is 1.55. The molecule has 0 aromatic heterocycles. The highest BCUT2D eigenvalue weighted by Gasteiger charge is 2.10. The summed E-state index contributed by atoms with van der Waals surface area (Å²) in [6, 6.07) is -0.306. The standard InChI is InChI=1S/C3H4N3O/c1-6-3(7)4-2-5-6/h2H,1H3. The van der Waals surface area contributed by atoms with E-state index < -0.39 is 0 Å². The zero-order valence-electron chi connectivity index (χ0n) is 3.83. The van der Waals surface area contributed by atoms with E-state index in [2.05, 4.69) is 10.4 Å². The molecule has 0 saturated carbocycles. The van der Waals surface area contributed by atoms with Gasteiger partial charge in [0.05, 0.1) is 0 Å². The number of amides is 2. The molecule has 0 bridgehead atoms. The highest BCUT2D eigenvalue weighted by atomic mass is 16.2. The maximum atomic E-state index is 10.2. The fourth-order valence-electron chi connectivity index (χ4n) is 0.286. The molecule has 0 N–H and O–H groups in total. The van der Waals surface area contributed by atoms with Gasteiger partial charge in [-0.2, -0.15) is 10.4 Å². The normalized spacial score (nSPS) is 17.9. The number of hydrogen-bond donors (Lipinski definition) is 0. The first kappa shape index (κ1) is 4.11. The second kappa shape index (κ2) is 1.22. The average molecular weight is 98.1 g/mol. The van der Waals surface area contributed by atoms with E-state index in [1.165, 1.54) is 11.3 Å². The third-order valence-corrected chi connectivity index (χ3v) is 0.670. The molecule has 4 nitrogen and oxygen atoms in total. The van der Waals surface area contributed by atoms with Crippen molar-refractivity contribution in [3.05, 3.63) is 0 Å². The lowest BCUT2D eigenvalue weighted by molar-refractivity contribution is 0.221. The van der Waals surface area contributed by atoms with Crippen LogP contribution in [-0.4, -0.2) is 24.4 Å². The lowest BCUT2D eigenvalue weighted by Crippen LogP contribution is -2.19. The molecule has 0 aromatic rings. The van der Waals surface area contributed by atoms with Crippen LogP contribution < -0.4 is 5.32 Å². The van der Waals surface area contributed by atoms with Crippen LogP contribution in [0.3, 0.4) is 0 Å². The topological polar surface area (TPSA) is 46.8 Å². The molecule has 0 fully saturated rings. The highest BCUT2D eigenvalue weighted by Crippen LogP contribution is 1.88. The summed E-state index contributed by atoms with van der Waals surface area (Å²) in [4.78, 5) is 10.2. The Morgan fingerprint density at radius 3 is 2.71 bits per heavy atom. The molecule has 2 amide bonds. The minimum Gasteiger partial charge on any atom is -0.244 e. The number of carbonyl (C=O) groups excluding carboxylic acids is 1. The van der Waals surface area contributed by atoms with Gasteiger partial charge < -0.3 is 0 Å². The summed E-state index contributed by atoms with van der Waals surface area (Å²) < 4.78 is 0. The number of nitrogens with zero attached hydrogens (tertiary/aromatic N) is 3. The zero-order valence-corrected chi connectivity index (χ0v) is 3.83. The third kappa shape index (κ3) is 0.534. The van der Waals surface area contributed by atoms with E-state index >= 15 is 0 Å². The Morgan fingerprint density at radius 2 is 2.57 bits per heavy atom. The van der Waals surface area contributed by atoms with Gasteiger partial charge in [-0.25, -0.2) is 9.80 Å². The Morgan fingerprint density at radius 1 is 1.86 bits per heavy atom. The van der Waals surface area contributed by atoms with Crippen LogP contribution in [0.4, 0.5) is 4.79 Å². The molecule has 0 aromatic carbocycles. The maximum Gasteiger partial charge on any atom is 0.365 e. The molecular formula is C3H4N3O. The second-order valence-electron chi connectivity index (χ2n) is 1.17. The molecule has 0 spiro atoms. The molecule has 0 aliphatic carbocycles. The lowest BCUT2D eigenvalue weighted by Gasteiger charge is -1.95. The Balaban J connectivity index is 2.62. The molecule has 1 rings (SSSR count). The number of hydrogen-bond acceptors (Lipinski definition) is 2. The quantitative estimate of drug-likeness (QED) is 0.406. The molecule has 1 aliphatic rings. The van der Waals surface area contributed by atoms with Gasteiger partial charge in [0.1, 0.15) is 6.34 Å². The van der Waals surface area contributed by atoms with Crippen LogP contribution in [0.2, 0.25) is 0 Å². The maximum absolute atomic E-state index is 10.2. The van der Waals surface area contributed by atoms with Gasteiger partial charge in [-0.1, -0.05) is 0 Å². The summed E-state index contributed by atoms with van der Waals surface area (Å²) in [5.74, 6) is 0. The van der Waals surface area contributed by atoms with E-state index in [0.717, 1.165) is 0 Å². The first-order valence-corrected chi connectivity index (χ1v) is 1.81. The highest BCUT2D eigenvalue weighted by molar-refractivity contribution is 5.89. The molecule has 4 heteroatoms. The number of rotatable bonds is 0. The monoisotopic (exact) mass is 98.0 g/mol. The molecule has 37 valence electrons. The van der Waals surface area contributed by atoms with E-state index in [1.807, 2.05) is 0 Å². The summed E-state index contributed by atoms with van der Waals surface area (Å²) in [5.41, 5.74) is 0. The van der Waals surface area contributed by atoms with Gasteiger partial charge in [0, 0.05) is 7.05 Å². The van der Waals surface area contributed by atoms with Crippen molar-refractivity contribution in [2.75, 3.05) is 7.05 Å². The second-order valence-corrected chi connectivity index (χ2v) is 1.17.